The van der Waals surface area contributed by atoms with Crippen LogP contribution in [0.3, 0.4) is 0 Å². The summed E-state index contributed by atoms with van der Waals surface area (Å²) in [5.41, 5.74) is 4.49. The molecule has 1 heterocycles. The van der Waals surface area contributed by atoms with Crippen molar-refractivity contribution in [2.75, 3.05) is 6.61 Å². The summed E-state index contributed by atoms with van der Waals surface area (Å²) in [6.45, 7) is 1.98. The van der Waals surface area contributed by atoms with E-state index in [9.17, 15) is 14.4 Å². The van der Waals surface area contributed by atoms with Crippen molar-refractivity contribution >= 4 is 29.1 Å². The van der Waals surface area contributed by atoms with Crippen LogP contribution in [-0.4, -0.2) is 24.4 Å². The van der Waals surface area contributed by atoms with Crippen LogP contribution in [0.2, 0.25) is 0 Å². The van der Waals surface area contributed by atoms with Gasteiger partial charge in [-0.1, -0.05) is 6.07 Å². The zero-order valence-electron chi connectivity index (χ0n) is 9.89. The standard InChI is InChI=1S/C11H14N2O4S/c1-2-17-10(15)6-5-9(14)12-13-11(16)8-4-3-7-18-8/h3-4,7H,2,5-6H2,1H3,(H,12,14)(H,13,16). The van der Waals surface area contributed by atoms with Crippen molar-refractivity contribution in [1.82, 2.24) is 10.9 Å². The van der Waals surface area contributed by atoms with Gasteiger partial charge in [0.1, 0.15) is 0 Å². The van der Waals surface area contributed by atoms with Crippen molar-refractivity contribution in [1.29, 1.82) is 0 Å². The van der Waals surface area contributed by atoms with Crippen molar-refractivity contribution in [3.63, 3.8) is 0 Å². The Morgan fingerprint density at radius 3 is 2.67 bits per heavy atom. The van der Waals surface area contributed by atoms with E-state index in [0.717, 1.165) is 0 Å². The molecule has 6 nitrogen and oxygen atoms in total. The topological polar surface area (TPSA) is 84.5 Å². The van der Waals surface area contributed by atoms with E-state index in [4.69, 9.17) is 0 Å². The van der Waals surface area contributed by atoms with Gasteiger partial charge in [-0.2, -0.15) is 0 Å². The third-order valence-electron chi connectivity index (χ3n) is 1.92. The molecule has 0 spiro atoms. The average Bonchev–Trinajstić information content (AvgIpc) is 2.87. The van der Waals surface area contributed by atoms with E-state index in [-0.39, 0.29) is 25.4 Å². The fourth-order valence-electron chi connectivity index (χ4n) is 1.11. The molecule has 0 aromatic carbocycles. The Morgan fingerprint density at radius 1 is 1.28 bits per heavy atom. The van der Waals surface area contributed by atoms with Crippen LogP contribution in [0, 0.1) is 0 Å². The molecule has 2 amide bonds. The minimum Gasteiger partial charge on any atom is -0.466 e. The fraction of sp³-hybridized carbons (Fsp3) is 0.364. The zero-order valence-corrected chi connectivity index (χ0v) is 10.7. The van der Waals surface area contributed by atoms with Gasteiger partial charge in [-0.05, 0) is 18.4 Å². The normalized spacial score (nSPS) is 9.61. The summed E-state index contributed by atoms with van der Waals surface area (Å²) in [7, 11) is 0. The Morgan fingerprint density at radius 2 is 2.06 bits per heavy atom. The first-order chi connectivity index (χ1) is 8.63. The molecule has 7 heteroatoms. The summed E-state index contributed by atoms with van der Waals surface area (Å²) < 4.78 is 4.67. The van der Waals surface area contributed by atoms with Crippen molar-refractivity contribution in [2.45, 2.75) is 19.8 Å². The molecule has 0 fully saturated rings. The number of carbonyl (C=O) groups excluding carboxylic acids is 3. The second-order valence-corrected chi connectivity index (χ2v) is 4.23. The van der Waals surface area contributed by atoms with Crippen LogP contribution in [0.25, 0.3) is 0 Å². The van der Waals surface area contributed by atoms with Gasteiger partial charge in [0.05, 0.1) is 17.9 Å². The number of thiophene rings is 1. The number of hydrogen-bond acceptors (Lipinski definition) is 5. The van der Waals surface area contributed by atoms with Gasteiger partial charge >= 0.3 is 5.97 Å². The third-order valence-corrected chi connectivity index (χ3v) is 2.79. The predicted molar refractivity (Wildman–Crippen MR) is 65.8 cm³/mol. The maximum Gasteiger partial charge on any atom is 0.306 e. The highest BCUT2D eigenvalue weighted by molar-refractivity contribution is 7.12. The van der Waals surface area contributed by atoms with Crippen molar-refractivity contribution in [3.05, 3.63) is 22.4 Å². The highest BCUT2D eigenvalue weighted by Crippen LogP contribution is 2.07. The smallest absolute Gasteiger partial charge is 0.306 e. The zero-order chi connectivity index (χ0) is 13.4. The maximum absolute atomic E-state index is 11.4. The molecule has 0 aliphatic rings. The van der Waals surface area contributed by atoms with Crippen molar-refractivity contribution in [3.8, 4) is 0 Å². The van der Waals surface area contributed by atoms with E-state index >= 15 is 0 Å². The first-order valence-corrected chi connectivity index (χ1v) is 6.29. The van der Waals surface area contributed by atoms with Gasteiger partial charge in [-0.15, -0.1) is 11.3 Å². The van der Waals surface area contributed by atoms with Crippen LogP contribution in [0.5, 0.6) is 0 Å². The third kappa shape index (κ3) is 4.96. The van der Waals surface area contributed by atoms with Gasteiger partial charge in [-0.3, -0.25) is 25.2 Å². The second kappa shape index (κ2) is 7.44. The number of carbonyl (C=O) groups is 3. The summed E-state index contributed by atoms with van der Waals surface area (Å²) >= 11 is 1.27. The molecule has 18 heavy (non-hydrogen) atoms. The minimum absolute atomic E-state index is 0.00541. The molecular formula is C11H14N2O4S. The Hall–Kier alpha value is -1.89. The monoisotopic (exact) mass is 270 g/mol. The largest absolute Gasteiger partial charge is 0.466 e. The number of esters is 1. The number of ether oxygens (including phenoxy) is 1. The number of nitrogens with one attached hydrogen (secondary N) is 2. The first-order valence-electron chi connectivity index (χ1n) is 5.41. The van der Waals surface area contributed by atoms with Gasteiger partial charge in [0.25, 0.3) is 5.91 Å². The molecule has 0 saturated carbocycles. The van der Waals surface area contributed by atoms with Crippen LogP contribution in [0.15, 0.2) is 17.5 Å². The average molecular weight is 270 g/mol. The predicted octanol–water partition coefficient (Wildman–Crippen LogP) is 0.852. The van der Waals surface area contributed by atoms with Crippen molar-refractivity contribution < 1.29 is 19.1 Å². The molecule has 0 atom stereocenters. The molecule has 0 unspecified atom stereocenters. The molecule has 1 rings (SSSR count). The molecule has 1 aromatic rings. The summed E-state index contributed by atoms with van der Waals surface area (Å²) in [4.78, 5) is 34.2. The molecule has 2 N–H and O–H groups in total. The van der Waals surface area contributed by atoms with Crippen LogP contribution in [-0.2, 0) is 14.3 Å². The lowest BCUT2D eigenvalue weighted by molar-refractivity contribution is -0.144. The lowest BCUT2D eigenvalue weighted by Gasteiger charge is -2.05. The van der Waals surface area contributed by atoms with E-state index in [1.807, 2.05) is 0 Å². The Bertz CT molecular complexity index is 417. The van der Waals surface area contributed by atoms with E-state index in [0.29, 0.717) is 4.88 Å². The SMILES string of the molecule is CCOC(=O)CCC(=O)NNC(=O)c1cccs1. The van der Waals surface area contributed by atoms with Gasteiger partial charge in [0, 0.05) is 6.42 Å². The number of rotatable bonds is 5. The molecule has 0 bridgehead atoms. The van der Waals surface area contributed by atoms with Gasteiger partial charge < -0.3 is 4.74 Å². The number of hydrazine groups is 1. The second-order valence-electron chi connectivity index (χ2n) is 3.28. The van der Waals surface area contributed by atoms with E-state index < -0.39 is 11.9 Å². The molecular weight excluding hydrogens is 256 g/mol. The lowest BCUT2D eigenvalue weighted by atomic mass is 10.3. The molecule has 0 aliphatic heterocycles. The quantitative estimate of drug-likeness (QED) is 0.613. The van der Waals surface area contributed by atoms with E-state index in [1.54, 1.807) is 24.4 Å². The molecule has 0 aliphatic carbocycles. The highest BCUT2D eigenvalue weighted by atomic mass is 32.1. The molecule has 0 saturated heterocycles. The van der Waals surface area contributed by atoms with Crippen LogP contribution in [0.1, 0.15) is 29.4 Å². The Balaban J connectivity index is 2.21. The maximum atomic E-state index is 11.4. The minimum atomic E-state index is -0.437. The van der Waals surface area contributed by atoms with Crippen LogP contribution >= 0.6 is 11.3 Å². The van der Waals surface area contributed by atoms with E-state index in [2.05, 4.69) is 15.6 Å². The first kappa shape index (κ1) is 14.2. The number of hydrogen-bond donors (Lipinski definition) is 2. The van der Waals surface area contributed by atoms with Gasteiger partial charge in [0.15, 0.2) is 0 Å². The van der Waals surface area contributed by atoms with Crippen molar-refractivity contribution in [2.24, 2.45) is 0 Å². The summed E-state index contributed by atoms with van der Waals surface area (Å²) in [5, 5.41) is 1.76. The van der Waals surface area contributed by atoms with Crippen LogP contribution in [0.4, 0.5) is 0 Å². The van der Waals surface area contributed by atoms with Crippen LogP contribution < -0.4 is 10.9 Å². The Labute approximate surface area is 108 Å². The summed E-state index contributed by atoms with van der Waals surface area (Å²) in [6, 6.07) is 3.38. The van der Waals surface area contributed by atoms with Gasteiger partial charge in [0.2, 0.25) is 5.91 Å². The molecule has 0 radical (unpaired) electrons. The highest BCUT2D eigenvalue weighted by Gasteiger charge is 2.10. The summed E-state index contributed by atoms with van der Waals surface area (Å²) in [6.07, 6.45) is -0.0297. The van der Waals surface area contributed by atoms with E-state index in [1.165, 1.54) is 11.3 Å². The lowest BCUT2D eigenvalue weighted by Crippen LogP contribution is -2.41. The van der Waals surface area contributed by atoms with Gasteiger partial charge in [-0.25, -0.2) is 0 Å². The Kier molecular flexibility index (Phi) is 5.86. The molecule has 1 aromatic heterocycles. The summed E-state index contributed by atoms with van der Waals surface area (Å²) in [5.74, 6) is -1.25. The number of amides is 2. The fourth-order valence-corrected chi connectivity index (χ4v) is 1.73. The molecule has 98 valence electrons.